The molecule has 2 N–H and O–H groups in total. The molecule has 1 aromatic carbocycles. The normalized spacial score (nSPS) is 10.6. The standard InChI is InChI=1S/C11H14N4S/c1-8-3-5-9(6-4-8)7-15-10(12)13-14-11(15)16-2/h3-6H,7H2,1-2H3,(H2,12,13). The van der Waals surface area contributed by atoms with E-state index in [9.17, 15) is 0 Å². The van der Waals surface area contributed by atoms with Crippen LogP contribution in [0.15, 0.2) is 29.4 Å². The molecule has 0 aliphatic rings. The number of hydrogen-bond donors (Lipinski definition) is 1. The summed E-state index contributed by atoms with van der Waals surface area (Å²) in [7, 11) is 0. The van der Waals surface area contributed by atoms with Crippen molar-refractivity contribution in [2.75, 3.05) is 12.0 Å². The van der Waals surface area contributed by atoms with E-state index in [-0.39, 0.29) is 0 Å². The second-order valence-corrected chi connectivity index (χ2v) is 4.39. The monoisotopic (exact) mass is 234 g/mol. The number of nitrogens with two attached hydrogens (primary N) is 1. The fraction of sp³-hybridized carbons (Fsp3) is 0.273. The highest BCUT2D eigenvalue weighted by Gasteiger charge is 2.08. The molecular weight excluding hydrogens is 220 g/mol. The number of thioether (sulfide) groups is 1. The maximum Gasteiger partial charge on any atom is 0.222 e. The molecule has 0 saturated heterocycles. The van der Waals surface area contributed by atoms with Gasteiger partial charge < -0.3 is 5.73 Å². The van der Waals surface area contributed by atoms with Crippen LogP contribution in [-0.4, -0.2) is 21.0 Å². The van der Waals surface area contributed by atoms with Crippen LogP contribution in [0, 0.1) is 6.92 Å². The zero-order chi connectivity index (χ0) is 11.5. The van der Waals surface area contributed by atoms with Gasteiger partial charge in [0.15, 0.2) is 5.16 Å². The molecule has 0 aliphatic heterocycles. The number of hydrogen-bond acceptors (Lipinski definition) is 4. The SMILES string of the molecule is CSc1nnc(N)n1Cc1ccc(C)cc1. The molecule has 1 heterocycles. The zero-order valence-corrected chi connectivity index (χ0v) is 10.2. The van der Waals surface area contributed by atoms with Gasteiger partial charge in [-0.3, -0.25) is 4.57 Å². The predicted octanol–water partition coefficient (Wildman–Crippen LogP) is 1.94. The Morgan fingerprint density at radius 2 is 1.94 bits per heavy atom. The zero-order valence-electron chi connectivity index (χ0n) is 9.34. The van der Waals surface area contributed by atoms with Crippen LogP contribution in [0.4, 0.5) is 5.95 Å². The third-order valence-corrected chi connectivity index (χ3v) is 3.06. The second kappa shape index (κ2) is 4.57. The highest BCUT2D eigenvalue weighted by molar-refractivity contribution is 7.98. The van der Waals surface area contributed by atoms with E-state index < -0.39 is 0 Å². The van der Waals surface area contributed by atoms with Crippen LogP contribution >= 0.6 is 11.8 Å². The first-order chi connectivity index (χ1) is 7.70. The smallest absolute Gasteiger partial charge is 0.222 e. The summed E-state index contributed by atoms with van der Waals surface area (Å²) in [4.78, 5) is 0. The summed E-state index contributed by atoms with van der Waals surface area (Å²) >= 11 is 1.55. The minimum atomic E-state index is 0.463. The Hall–Kier alpha value is -1.49. The van der Waals surface area contributed by atoms with E-state index in [1.165, 1.54) is 11.1 Å². The quantitative estimate of drug-likeness (QED) is 0.825. The molecule has 4 nitrogen and oxygen atoms in total. The Kier molecular flexibility index (Phi) is 3.14. The second-order valence-electron chi connectivity index (χ2n) is 3.62. The lowest BCUT2D eigenvalue weighted by Crippen LogP contribution is -2.05. The van der Waals surface area contributed by atoms with E-state index in [2.05, 4.69) is 41.4 Å². The van der Waals surface area contributed by atoms with Gasteiger partial charge in [0.05, 0.1) is 6.54 Å². The van der Waals surface area contributed by atoms with Crippen molar-refractivity contribution in [1.82, 2.24) is 14.8 Å². The lowest BCUT2D eigenvalue weighted by Gasteiger charge is -2.06. The van der Waals surface area contributed by atoms with Crippen molar-refractivity contribution in [2.24, 2.45) is 0 Å². The molecule has 0 aliphatic carbocycles. The van der Waals surface area contributed by atoms with E-state index >= 15 is 0 Å². The summed E-state index contributed by atoms with van der Waals surface area (Å²) in [6, 6.07) is 8.38. The molecule has 0 saturated carbocycles. The van der Waals surface area contributed by atoms with Crippen LogP contribution < -0.4 is 5.73 Å². The molecule has 0 radical (unpaired) electrons. The first-order valence-corrected chi connectivity index (χ1v) is 6.21. The molecule has 0 spiro atoms. The molecule has 2 aromatic rings. The third-order valence-electron chi connectivity index (χ3n) is 2.39. The fourth-order valence-corrected chi connectivity index (χ4v) is 1.98. The van der Waals surface area contributed by atoms with Crippen LogP contribution in [0.5, 0.6) is 0 Å². The Bertz CT molecular complexity index is 475. The topological polar surface area (TPSA) is 56.7 Å². The highest BCUT2D eigenvalue weighted by Crippen LogP contribution is 2.17. The van der Waals surface area contributed by atoms with Gasteiger partial charge in [-0.15, -0.1) is 10.2 Å². The van der Waals surface area contributed by atoms with Crippen LogP contribution in [0.25, 0.3) is 0 Å². The molecule has 0 unspecified atom stereocenters. The van der Waals surface area contributed by atoms with Gasteiger partial charge in [-0.1, -0.05) is 41.6 Å². The Morgan fingerprint density at radius 1 is 1.25 bits per heavy atom. The van der Waals surface area contributed by atoms with E-state index in [0.717, 1.165) is 11.7 Å². The fourth-order valence-electron chi connectivity index (χ4n) is 1.48. The number of benzene rings is 1. The van der Waals surface area contributed by atoms with Crippen molar-refractivity contribution < 1.29 is 0 Å². The number of aryl methyl sites for hydroxylation is 1. The molecule has 5 heteroatoms. The molecule has 0 bridgehead atoms. The Balaban J connectivity index is 2.26. The number of rotatable bonds is 3. The largest absolute Gasteiger partial charge is 0.368 e. The summed E-state index contributed by atoms with van der Waals surface area (Å²) in [5.41, 5.74) is 8.23. The van der Waals surface area contributed by atoms with Gasteiger partial charge in [0.2, 0.25) is 5.95 Å². The van der Waals surface area contributed by atoms with Gasteiger partial charge >= 0.3 is 0 Å². The minimum Gasteiger partial charge on any atom is -0.368 e. The van der Waals surface area contributed by atoms with Crippen LogP contribution in [0.1, 0.15) is 11.1 Å². The molecule has 84 valence electrons. The van der Waals surface area contributed by atoms with Gasteiger partial charge in [0.1, 0.15) is 0 Å². The van der Waals surface area contributed by atoms with Gasteiger partial charge in [-0.2, -0.15) is 0 Å². The van der Waals surface area contributed by atoms with Gasteiger partial charge in [0.25, 0.3) is 0 Å². The maximum absolute atomic E-state index is 5.77. The average Bonchev–Trinajstić information content (AvgIpc) is 2.63. The maximum atomic E-state index is 5.77. The van der Waals surface area contributed by atoms with Crippen LogP contribution in [0.2, 0.25) is 0 Å². The Labute approximate surface area is 98.9 Å². The van der Waals surface area contributed by atoms with Gasteiger partial charge in [0, 0.05) is 0 Å². The van der Waals surface area contributed by atoms with Crippen molar-refractivity contribution in [1.29, 1.82) is 0 Å². The molecular formula is C11H14N4S. The third kappa shape index (κ3) is 2.19. The van der Waals surface area contributed by atoms with Crippen molar-refractivity contribution in [2.45, 2.75) is 18.6 Å². The lowest BCUT2D eigenvalue weighted by molar-refractivity contribution is 0.718. The Morgan fingerprint density at radius 3 is 2.56 bits per heavy atom. The van der Waals surface area contributed by atoms with Crippen molar-refractivity contribution in [3.63, 3.8) is 0 Å². The van der Waals surface area contributed by atoms with E-state index in [1.54, 1.807) is 11.8 Å². The predicted molar refractivity (Wildman–Crippen MR) is 66.5 cm³/mol. The molecule has 2 rings (SSSR count). The molecule has 0 amide bonds. The summed E-state index contributed by atoms with van der Waals surface area (Å²) < 4.78 is 1.91. The van der Waals surface area contributed by atoms with E-state index in [4.69, 9.17) is 5.73 Å². The number of aromatic nitrogens is 3. The summed E-state index contributed by atoms with van der Waals surface area (Å²) in [5, 5.41) is 8.72. The molecule has 16 heavy (non-hydrogen) atoms. The van der Waals surface area contributed by atoms with Gasteiger partial charge in [-0.25, -0.2) is 0 Å². The summed E-state index contributed by atoms with van der Waals surface area (Å²) in [5.74, 6) is 0.463. The van der Waals surface area contributed by atoms with E-state index in [0.29, 0.717) is 5.95 Å². The summed E-state index contributed by atoms with van der Waals surface area (Å²) in [6.45, 7) is 2.79. The molecule has 0 atom stereocenters. The van der Waals surface area contributed by atoms with Crippen LogP contribution in [0.3, 0.4) is 0 Å². The number of anilines is 1. The lowest BCUT2D eigenvalue weighted by atomic mass is 10.1. The van der Waals surface area contributed by atoms with Crippen molar-refractivity contribution in [3.05, 3.63) is 35.4 Å². The molecule has 0 fully saturated rings. The van der Waals surface area contributed by atoms with Gasteiger partial charge in [-0.05, 0) is 18.7 Å². The minimum absolute atomic E-state index is 0.463. The van der Waals surface area contributed by atoms with E-state index in [1.807, 2.05) is 10.8 Å². The van der Waals surface area contributed by atoms with Crippen molar-refractivity contribution in [3.8, 4) is 0 Å². The first-order valence-electron chi connectivity index (χ1n) is 4.99. The summed E-state index contributed by atoms with van der Waals surface area (Å²) in [6.07, 6.45) is 1.97. The molecule has 1 aromatic heterocycles. The number of nitrogens with zero attached hydrogens (tertiary/aromatic N) is 3. The van der Waals surface area contributed by atoms with Crippen LogP contribution in [-0.2, 0) is 6.54 Å². The van der Waals surface area contributed by atoms with Crippen molar-refractivity contribution >= 4 is 17.7 Å². The average molecular weight is 234 g/mol. The highest BCUT2D eigenvalue weighted by atomic mass is 32.2. The number of nitrogen functional groups attached to an aromatic ring is 1. The first kappa shape index (κ1) is 11.0.